The van der Waals surface area contributed by atoms with E-state index in [-0.39, 0.29) is 17.9 Å². The number of imide groups is 1. The van der Waals surface area contributed by atoms with Crippen molar-refractivity contribution in [2.75, 3.05) is 11.9 Å². The average molecular weight is 446 g/mol. The zero-order valence-electron chi connectivity index (χ0n) is 16.0. The average Bonchev–Trinajstić information content (AvgIpc) is 2.94. The quantitative estimate of drug-likeness (QED) is 0.658. The van der Waals surface area contributed by atoms with Gasteiger partial charge in [0.15, 0.2) is 0 Å². The first-order chi connectivity index (χ1) is 14.1. The number of carbonyl (C=O) groups is 3. The Morgan fingerprint density at radius 3 is 2.33 bits per heavy atom. The topological polar surface area (TPSA) is 127 Å². The summed E-state index contributed by atoms with van der Waals surface area (Å²) in [4.78, 5) is 38.1. The molecule has 3 rings (SSSR count). The summed E-state index contributed by atoms with van der Waals surface area (Å²) >= 11 is 0.838. The number of carbonyl (C=O) groups excluding carboxylic acids is 3. The van der Waals surface area contributed by atoms with Crippen LogP contribution in [0.3, 0.4) is 0 Å². The molecule has 156 valence electrons. The minimum Gasteiger partial charge on any atom is -0.326 e. The summed E-state index contributed by atoms with van der Waals surface area (Å²) in [7, 11) is -3.81. The summed E-state index contributed by atoms with van der Waals surface area (Å²) in [6.45, 7) is 1.90. The maximum atomic E-state index is 12.5. The third kappa shape index (κ3) is 5.35. The molecule has 8 nitrogen and oxygen atoms in total. The van der Waals surface area contributed by atoms with E-state index in [9.17, 15) is 22.8 Å². The Balaban J connectivity index is 1.58. The maximum absolute atomic E-state index is 12.5. The van der Waals surface area contributed by atoms with Crippen molar-refractivity contribution in [3.8, 4) is 0 Å². The molecule has 1 aliphatic heterocycles. The highest BCUT2D eigenvalue weighted by Crippen LogP contribution is 2.32. The lowest BCUT2D eigenvalue weighted by Gasteiger charge is -2.12. The number of nitrogens with one attached hydrogen (secondary N) is 1. The molecule has 30 heavy (non-hydrogen) atoms. The molecule has 2 aromatic rings. The summed E-state index contributed by atoms with van der Waals surface area (Å²) in [5, 5.41) is 7.19. The monoisotopic (exact) mass is 445 g/mol. The number of primary sulfonamides is 1. The van der Waals surface area contributed by atoms with Gasteiger partial charge in [-0.25, -0.2) is 13.6 Å². The molecule has 0 spiro atoms. The first-order valence-electron chi connectivity index (χ1n) is 8.88. The van der Waals surface area contributed by atoms with E-state index in [1.54, 1.807) is 6.08 Å². The maximum Gasteiger partial charge on any atom is 0.293 e. The largest absolute Gasteiger partial charge is 0.326 e. The second-order valence-electron chi connectivity index (χ2n) is 6.61. The van der Waals surface area contributed by atoms with Crippen LogP contribution in [0.5, 0.6) is 0 Å². The van der Waals surface area contributed by atoms with E-state index in [1.807, 2.05) is 31.2 Å². The number of aryl methyl sites for hydroxylation is 1. The molecule has 0 saturated carbocycles. The predicted octanol–water partition coefficient (Wildman–Crippen LogP) is 2.71. The normalized spacial score (nSPS) is 15.7. The number of hydrogen-bond donors (Lipinski definition) is 2. The molecular weight excluding hydrogens is 426 g/mol. The summed E-state index contributed by atoms with van der Waals surface area (Å²) in [5.74, 6) is -0.851. The Morgan fingerprint density at radius 2 is 1.73 bits per heavy atom. The highest BCUT2D eigenvalue weighted by atomic mass is 32.2. The summed E-state index contributed by atoms with van der Waals surface area (Å²) in [6, 6.07) is 12.9. The van der Waals surface area contributed by atoms with Crippen LogP contribution < -0.4 is 10.5 Å². The number of sulfonamides is 1. The number of anilines is 1. The molecule has 3 amide bonds. The van der Waals surface area contributed by atoms with Crippen molar-refractivity contribution < 1.29 is 22.8 Å². The fraction of sp³-hybridized carbons (Fsp3) is 0.150. The van der Waals surface area contributed by atoms with Gasteiger partial charge in [0.1, 0.15) is 0 Å². The number of nitrogens with zero attached hydrogens (tertiary/aromatic N) is 1. The van der Waals surface area contributed by atoms with Gasteiger partial charge in [0.05, 0.1) is 9.80 Å². The van der Waals surface area contributed by atoms with Crippen LogP contribution in [-0.2, 0) is 19.6 Å². The molecule has 0 aromatic heterocycles. The molecule has 1 aliphatic rings. The first kappa shape index (κ1) is 21.8. The number of nitrogens with two attached hydrogens (primary N) is 1. The SMILES string of the molecule is Cc1ccc(/C=C2/SC(=O)N(CCC(=O)Nc3ccc(S(N)(=O)=O)cc3)C2=O)cc1. The lowest BCUT2D eigenvalue weighted by atomic mass is 10.1. The van der Waals surface area contributed by atoms with Crippen LogP contribution >= 0.6 is 11.8 Å². The number of hydrogen-bond acceptors (Lipinski definition) is 6. The zero-order valence-corrected chi connectivity index (χ0v) is 17.6. The first-order valence-corrected chi connectivity index (χ1v) is 11.2. The molecular formula is C20H19N3O5S2. The van der Waals surface area contributed by atoms with E-state index in [0.717, 1.165) is 27.8 Å². The van der Waals surface area contributed by atoms with Crippen molar-refractivity contribution in [2.24, 2.45) is 5.14 Å². The Labute approximate surface area is 178 Å². The molecule has 0 unspecified atom stereocenters. The molecule has 0 aliphatic carbocycles. The lowest BCUT2D eigenvalue weighted by molar-refractivity contribution is -0.123. The molecule has 3 N–H and O–H groups in total. The van der Waals surface area contributed by atoms with Crippen LogP contribution in [0.2, 0.25) is 0 Å². The fourth-order valence-corrected chi connectivity index (χ4v) is 4.05. The number of amides is 3. The fourth-order valence-electron chi connectivity index (χ4n) is 2.67. The Bertz CT molecular complexity index is 1120. The molecule has 1 fully saturated rings. The minimum absolute atomic E-state index is 0.0585. The zero-order chi connectivity index (χ0) is 21.9. The van der Waals surface area contributed by atoms with Gasteiger partial charge in [-0.15, -0.1) is 0 Å². The van der Waals surface area contributed by atoms with Crippen molar-refractivity contribution in [1.82, 2.24) is 4.90 Å². The third-order valence-electron chi connectivity index (χ3n) is 4.28. The highest BCUT2D eigenvalue weighted by molar-refractivity contribution is 8.18. The smallest absolute Gasteiger partial charge is 0.293 e. The van der Waals surface area contributed by atoms with E-state index in [4.69, 9.17) is 5.14 Å². The Morgan fingerprint density at radius 1 is 1.10 bits per heavy atom. The predicted molar refractivity (Wildman–Crippen MR) is 115 cm³/mol. The molecule has 0 atom stereocenters. The van der Waals surface area contributed by atoms with Crippen molar-refractivity contribution >= 4 is 50.6 Å². The second kappa shape index (κ2) is 8.82. The van der Waals surface area contributed by atoms with Crippen molar-refractivity contribution in [2.45, 2.75) is 18.2 Å². The number of benzene rings is 2. The van der Waals surface area contributed by atoms with Crippen LogP contribution in [-0.4, -0.2) is 36.9 Å². The van der Waals surface area contributed by atoms with Crippen LogP contribution in [0.25, 0.3) is 6.08 Å². The Hall–Kier alpha value is -2.95. The molecule has 1 heterocycles. The van der Waals surface area contributed by atoms with Gasteiger partial charge in [-0.1, -0.05) is 29.8 Å². The third-order valence-corrected chi connectivity index (χ3v) is 6.11. The van der Waals surface area contributed by atoms with Gasteiger partial charge >= 0.3 is 0 Å². The molecule has 10 heteroatoms. The summed E-state index contributed by atoms with van der Waals surface area (Å²) in [6.07, 6.45) is 1.56. The van der Waals surface area contributed by atoms with E-state index < -0.39 is 27.1 Å². The molecule has 0 bridgehead atoms. The highest BCUT2D eigenvalue weighted by Gasteiger charge is 2.35. The second-order valence-corrected chi connectivity index (χ2v) is 9.17. The lowest BCUT2D eigenvalue weighted by Crippen LogP contribution is -2.31. The van der Waals surface area contributed by atoms with E-state index in [1.165, 1.54) is 24.3 Å². The Kier molecular flexibility index (Phi) is 6.40. The standard InChI is InChI=1S/C20H19N3O5S2/c1-13-2-4-14(5-3-13)12-17-19(25)23(20(26)29-17)11-10-18(24)22-15-6-8-16(9-7-15)30(21,27)28/h2-9,12H,10-11H2,1H3,(H,22,24)(H2,21,27,28)/b17-12+. The van der Waals surface area contributed by atoms with Gasteiger partial charge in [0.2, 0.25) is 15.9 Å². The summed E-state index contributed by atoms with van der Waals surface area (Å²) < 4.78 is 22.5. The van der Waals surface area contributed by atoms with Gasteiger partial charge in [0.25, 0.3) is 11.1 Å². The minimum atomic E-state index is -3.81. The van der Waals surface area contributed by atoms with Gasteiger partial charge in [-0.3, -0.25) is 19.3 Å². The van der Waals surface area contributed by atoms with Crippen LogP contribution in [0, 0.1) is 6.92 Å². The van der Waals surface area contributed by atoms with E-state index in [0.29, 0.717) is 10.6 Å². The molecule has 2 aromatic carbocycles. The van der Waals surface area contributed by atoms with E-state index in [2.05, 4.69) is 5.32 Å². The van der Waals surface area contributed by atoms with Gasteiger partial charge < -0.3 is 5.32 Å². The van der Waals surface area contributed by atoms with Crippen molar-refractivity contribution in [3.63, 3.8) is 0 Å². The van der Waals surface area contributed by atoms with Crippen LogP contribution in [0.4, 0.5) is 10.5 Å². The number of rotatable bonds is 6. The van der Waals surface area contributed by atoms with Crippen LogP contribution in [0.15, 0.2) is 58.3 Å². The van der Waals surface area contributed by atoms with Crippen LogP contribution in [0.1, 0.15) is 17.5 Å². The van der Waals surface area contributed by atoms with Crippen molar-refractivity contribution in [1.29, 1.82) is 0 Å². The van der Waals surface area contributed by atoms with E-state index >= 15 is 0 Å². The number of thioether (sulfide) groups is 1. The molecule has 1 saturated heterocycles. The van der Waals surface area contributed by atoms with Gasteiger partial charge in [-0.05, 0) is 54.6 Å². The summed E-state index contributed by atoms with van der Waals surface area (Å²) in [5.41, 5.74) is 2.28. The van der Waals surface area contributed by atoms with Gasteiger partial charge in [0, 0.05) is 18.7 Å². The molecule has 0 radical (unpaired) electrons. The van der Waals surface area contributed by atoms with Crippen molar-refractivity contribution in [3.05, 3.63) is 64.6 Å². The van der Waals surface area contributed by atoms with Gasteiger partial charge in [-0.2, -0.15) is 0 Å².